The molecular weight excluding hydrogens is 403 g/mol. The van der Waals surface area contributed by atoms with Crippen molar-refractivity contribution >= 4 is 33.8 Å². The molecule has 0 atom stereocenters. The Kier molecular flexibility index (Phi) is 5.14. The number of hydrogen-bond acceptors (Lipinski definition) is 5. The van der Waals surface area contributed by atoms with Crippen molar-refractivity contribution in [2.45, 2.75) is 19.2 Å². The van der Waals surface area contributed by atoms with Crippen LogP contribution in [0.25, 0.3) is 0 Å². The van der Waals surface area contributed by atoms with E-state index in [4.69, 9.17) is 0 Å². The summed E-state index contributed by atoms with van der Waals surface area (Å²) in [5, 5.41) is 5.37. The highest BCUT2D eigenvalue weighted by Gasteiger charge is 2.31. The molecule has 2 heterocycles. The molecule has 4 rings (SSSR count). The van der Waals surface area contributed by atoms with Gasteiger partial charge in [-0.25, -0.2) is 4.98 Å². The molecule has 1 amide bonds. The van der Waals surface area contributed by atoms with Crippen LogP contribution in [0.3, 0.4) is 0 Å². The Morgan fingerprint density at radius 2 is 1.93 bits per heavy atom. The number of nitrogens with zero attached hydrogens (tertiary/aromatic N) is 2. The number of benzene rings is 2. The molecule has 29 heavy (non-hydrogen) atoms. The normalized spacial score (nSPS) is 13.3. The maximum Gasteiger partial charge on any atom is 0.573 e. The molecule has 3 aromatic rings. The Hall–Kier alpha value is -3.07. The Balaban J connectivity index is 1.37. The minimum absolute atomic E-state index is 0.0135. The molecular formula is C20H16F3N3O2S. The van der Waals surface area contributed by atoms with Crippen molar-refractivity contribution in [1.82, 2.24) is 4.98 Å². The molecule has 0 radical (unpaired) electrons. The number of alkyl halides is 3. The average molecular weight is 419 g/mol. The van der Waals surface area contributed by atoms with E-state index in [1.165, 1.54) is 41.2 Å². The first-order valence-corrected chi connectivity index (χ1v) is 9.71. The van der Waals surface area contributed by atoms with Crippen molar-refractivity contribution in [3.8, 4) is 5.75 Å². The molecule has 0 saturated carbocycles. The van der Waals surface area contributed by atoms with Crippen LogP contribution in [0.4, 0.5) is 29.7 Å². The Morgan fingerprint density at radius 1 is 1.17 bits per heavy atom. The summed E-state index contributed by atoms with van der Waals surface area (Å²) in [5.41, 5.74) is 3.33. The number of fused-ring (bicyclic) bond motifs is 1. The highest BCUT2D eigenvalue weighted by Crippen LogP contribution is 2.29. The third-order valence-corrected chi connectivity index (χ3v) is 5.22. The van der Waals surface area contributed by atoms with Crippen LogP contribution in [0.2, 0.25) is 0 Å². The summed E-state index contributed by atoms with van der Waals surface area (Å²) in [6.07, 6.45) is -3.69. The smallest absolute Gasteiger partial charge is 0.406 e. The molecule has 0 fully saturated rings. The molecule has 0 spiro atoms. The molecule has 5 nitrogen and oxygen atoms in total. The van der Waals surface area contributed by atoms with Gasteiger partial charge in [0.1, 0.15) is 5.75 Å². The quantitative estimate of drug-likeness (QED) is 0.638. The number of thiazole rings is 1. The molecule has 1 aliphatic rings. The molecule has 1 aromatic heterocycles. The zero-order chi connectivity index (χ0) is 20.4. The first-order valence-electron chi connectivity index (χ1n) is 8.83. The minimum Gasteiger partial charge on any atom is -0.406 e. The van der Waals surface area contributed by atoms with Crippen LogP contribution in [-0.4, -0.2) is 23.8 Å². The van der Waals surface area contributed by atoms with E-state index in [9.17, 15) is 18.0 Å². The zero-order valence-corrected chi connectivity index (χ0v) is 15.9. The number of halogens is 3. The maximum atomic E-state index is 12.7. The molecule has 150 valence electrons. The van der Waals surface area contributed by atoms with Crippen LogP contribution in [0, 0.1) is 0 Å². The van der Waals surface area contributed by atoms with E-state index in [-0.39, 0.29) is 18.1 Å². The van der Waals surface area contributed by atoms with Gasteiger partial charge in [0.15, 0.2) is 5.13 Å². The van der Waals surface area contributed by atoms with Crippen molar-refractivity contribution in [2.75, 3.05) is 16.8 Å². The van der Waals surface area contributed by atoms with Crippen LogP contribution in [0.15, 0.2) is 53.9 Å². The van der Waals surface area contributed by atoms with Gasteiger partial charge in [-0.3, -0.25) is 4.79 Å². The Morgan fingerprint density at radius 3 is 2.69 bits per heavy atom. The lowest BCUT2D eigenvalue weighted by Gasteiger charge is -2.16. The molecule has 1 aliphatic heterocycles. The lowest BCUT2D eigenvalue weighted by molar-refractivity contribution is -0.274. The van der Waals surface area contributed by atoms with E-state index in [0.717, 1.165) is 12.1 Å². The molecule has 0 aliphatic carbocycles. The summed E-state index contributed by atoms with van der Waals surface area (Å²) >= 11 is 1.32. The van der Waals surface area contributed by atoms with Gasteiger partial charge >= 0.3 is 6.36 Å². The lowest BCUT2D eigenvalue weighted by Crippen LogP contribution is -2.30. The van der Waals surface area contributed by atoms with Gasteiger partial charge in [-0.05, 0) is 42.3 Å². The van der Waals surface area contributed by atoms with Gasteiger partial charge in [-0.1, -0.05) is 18.2 Å². The first-order chi connectivity index (χ1) is 13.9. The maximum absolute atomic E-state index is 12.7. The fraction of sp³-hybridized carbons (Fsp3) is 0.200. The SMILES string of the molecule is O=C(Cc1csc(Nc2ccc(OC(F)(F)F)cc2)n1)N1CCc2ccccc21. The van der Waals surface area contributed by atoms with Crippen LogP contribution in [0.5, 0.6) is 5.75 Å². The van der Waals surface area contributed by atoms with Crippen molar-refractivity contribution in [1.29, 1.82) is 0 Å². The number of rotatable bonds is 5. The number of nitrogens with one attached hydrogen (secondary N) is 1. The van der Waals surface area contributed by atoms with Gasteiger partial charge in [0.05, 0.1) is 12.1 Å². The molecule has 1 N–H and O–H groups in total. The van der Waals surface area contributed by atoms with Crippen LogP contribution >= 0.6 is 11.3 Å². The van der Waals surface area contributed by atoms with Gasteiger partial charge in [0.2, 0.25) is 5.91 Å². The number of para-hydroxylation sites is 1. The standard InChI is InChI=1S/C20H16F3N3O2S/c21-20(22,23)28-16-7-5-14(6-8-16)24-19-25-15(12-29-19)11-18(27)26-10-9-13-3-1-2-4-17(13)26/h1-8,12H,9-11H2,(H,24,25). The van der Waals surface area contributed by atoms with Gasteiger partial charge in [-0.2, -0.15) is 0 Å². The predicted molar refractivity (Wildman–Crippen MR) is 105 cm³/mol. The van der Waals surface area contributed by atoms with E-state index in [1.54, 1.807) is 10.3 Å². The van der Waals surface area contributed by atoms with Crippen LogP contribution in [-0.2, 0) is 17.6 Å². The monoisotopic (exact) mass is 419 g/mol. The summed E-state index contributed by atoms with van der Waals surface area (Å²) in [4.78, 5) is 18.8. The highest BCUT2D eigenvalue weighted by atomic mass is 32.1. The molecule has 9 heteroatoms. The summed E-state index contributed by atoms with van der Waals surface area (Å²) in [6.45, 7) is 0.666. The van der Waals surface area contributed by atoms with E-state index in [1.807, 2.05) is 24.3 Å². The summed E-state index contributed by atoms with van der Waals surface area (Å²) in [7, 11) is 0. The molecule has 0 unspecified atom stereocenters. The number of amides is 1. The van der Waals surface area contributed by atoms with Gasteiger partial charge in [0.25, 0.3) is 0 Å². The largest absolute Gasteiger partial charge is 0.573 e. The molecule has 0 bridgehead atoms. The second kappa shape index (κ2) is 7.75. The third-order valence-electron chi connectivity index (χ3n) is 4.41. The van der Waals surface area contributed by atoms with Crippen molar-refractivity contribution in [2.24, 2.45) is 0 Å². The molecule has 0 saturated heterocycles. The van der Waals surface area contributed by atoms with Crippen molar-refractivity contribution in [3.63, 3.8) is 0 Å². The second-order valence-corrected chi connectivity index (χ2v) is 7.30. The van der Waals surface area contributed by atoms with Gasteiger partial charge in [0, 0.05) is 23.3 Å². The number of anilines is 3. The van der Waals surface area contributed by atoms with E-state index < -0.39 is 6.36 Å². The number of hydrogen-bond donors (Lipinski definition) is 1. The van der Waals surface area contributed by atoms with Crippen LogP contribution in [0.1, 0.15) is 11.3 Å². The number of carbonyl (C=O) groups is 1. The average Bonchev–Trinajstić information content (AvgIpc) is 3.29. The van der Waals surface area contributed by atoms with Gasteiger partial charge in [-0.15, -0.1) is 24.5 Å². The molecule has 2 aromatic carbocycles. The topological polar surface area (TPSA) is 54.5 Å². The second-order valence-electron chi connectivity index (χ2n) is 6.44. The number of carbonyl (C=O) groups excluding carboxylic acids is 1. The Bertz CT molecular complexity index is 1020. The summed E-state index contributed by atoms with van der Waals surface area (Å²) < 4.78 is 40.5. The van der Waals surface area contributed by atoms with Crippen molar-refractivity contribution < 1.29 is 22.7 Å². The van der Waals surface area contributed by atoms with Crippen LogP contribution < -0.4 is 15.0 Å². The fourth-order valence-corrected chi connectivity index (χ4v) is 3.89. The summed E-state index contributed by atoms with van der Waals surface area (Å²) in [6, 6.07) is 13.2. The minimum atomic E-state index is -4.72. The number of ether oxygens (including phenoxy) is 1. The highest BCUT2D eigenvalue weighted by molar-refractivity contribution is 7.13. The number of aromatic nitrogens is 1. The van der Waals surface area contributed by atoms with Gasteiger partial charge < -0.3 is 15.0 Å². The third kappa shape index (κ3) is 4.68. The zero-order valence-electron chi connectivity index (χ0n) is 15.1. The van der Waals surface area contributed by atoms with E-state index >= 15 is 0 Å². The lowest BCUT2D eigenvalue weighted by atomic mass is 10.2. The Labute approximate surface area is 168 Å². The van der Waals surface area contributed by atoms with Crippen molar-refractivity contribution in [3.05, 3.63) is 65.2 Å². The fourth-order valence-electron chi connectivity index (χ4n) is 3.16. The summed E-state index contributed by atoms with van der Waals surface area (Å²) in [5.74, 6) is -0.306. The predicted octanol–water partition coefficient (Wildman–Crippen LogP) is 4.92. The van der Waals surface area contributed by atoms with E-state index in [2.05, 4.69) is 15.0 Å². The van der Waals surface area contributed by atoms with E-state index in [0.29, 0.717) is 23.1 Å². The first kappa shape index (κ1) is 19.3.